The average molecular weight is 409 g/mol. The Morgan fingerprint density at radius 3 is 2.43 bits per heavy atom. The molecule has 6 nitrogen and oxygen atoms in total. The molecule has 2 unspecified atom stereocenters. The lowest BCUT2D eigenvalue weighted by atomic mass is 9.91. The van der Waals surface area contributed by atoms with Gasteiger partial charge < -0.3 is 16.0 Å². The van der Waals surface area contributed by atoms with E-state index in [1.54, 1.807) is 0 Å². The Balaban J connectivity index is 2.08. The molecule has 0 aliphatic carbocycles. The molecule has 28 heavy (non-hydrogen) atoms. The van der Waals surface area contributed by atoms with Crippen LogP contribution in [0.4, 0.5) is 0 Å². The molecule has 0 spiro atoms. The number of rotatable bonds is 9. The zero-order chi connectivity index (χ0) is 20.6. The van der Waals surface area contributed by atoms with E-state index in [2.05, 4.69) is 61.0 Å². The minimum atomic E-state index is -2.91. The summed E-state index contributed by atoms with van der Waals surface area (Å²) in [6.07, 6.45) is 2.56. The zero-order valence-corrected chi connectivity index (χ0v) is 18.5. The fourth-order valence-corrected chi connectivity index (χ4v) is 5.33. The second-order valence-corrected chi connectivity index (χ2v) is 9.93. The summed E-state index contributed by atoms with van der Waals surface area (Å²) in [6, 6.07) is 10.6. The topological polar surface area (TPSA) is 82.6 Å². The van der Waals surface area contributed by atoms with E-state index in [-0.39, 0.29) is 29.1 Å². The lowest BCUT2D eigenvalue weighted by molar-refractivity contribution is 0.280. The standard InChI is InChI=1S/C21H36N4O2S/c1-5-21(6-2,25-17(4)18-11-9-8-10-12-18)16-23-20(22-7-3)24-19-13-14-28(26,27)15-19/h8-12,17,19,25H,5-7,13-16H2,1-4H3,(H2,22,23,24). The maximum Gasteiger partial charge on any atom is 0.191 e. The quantitative estimate of drug-likeness (QED) is 0.432. The van der Waals surface area contributed by atoms with E-state index in [0.29, 0.717) is 18.9 Å². The lowest BCUT2D eigenvalue weighted by Gasteiger charge is -2.35. The van der Waals surface area contributed by atoms with Crippen molar-refractivity contribution >= 4 is 15.8 Å². The molecular formula is C21H36N4O2S. The molecule has 2 atom stereocenters. The fraction of sp³-hybridized carbons (Fsp3) is 0.667. The molecule has 1 fully saturated rings. The van der Waals surface area contributed by atoms with Gasteiger partial charge in [0.1, 0.15) is 0 Å². The molecular weight excluding hydrogens is 372 g/mol. The summed E-state index contributed by atoms with van der Waals surface area (Å²) in [7, 11) is -2.91. The van der Waals surface area contributed by atoms with Crippen molar-refractivity contribution in [2.24, 2.45) is 4.99 Å². The van der Waals surface area contributed by atoms with Gasteiger partial charge in [0.2, 0.25) is 0 Å². The Bertz CT molecular complexity index is 730. The predicted molar refractivity (Wildman–Crippen MR) is 117 cm³/mol. The molecule has 0 bridgehead atoms. The van der Waals surface area contributed by atoms with Crippen molar-refractivity contribution in [3.63, 3.8) is 0 Å². The highest BCUT2D eigenvalue weighted by molar-refractivity contribution is 7.91. The second kappa shape index (κ2) is 10.3. The first-order chi connectivity index (χ1) is 13.3. The van der Waals surface area contributed by atoms with E-state index in [1.165, 1.54) is 5.56 Å². The highest BCUT2D eigenvalue weighted by Gasteiger charge is 2.30. The first kappa shape index (κ1) is 22.7. The van der Waals surface area contributed by atoms with Gasteiger partial charge in [-0.3, -0.25) is 4.99 Å². The third kappa shape index (κ3) is 6.48. The van der Waals surface area contributed by atoms with Gasteiger partial charge in [0, 0.05) is 24.2 Å². The first-order valence-electron chi connectivity index (χ1n) is 10.4. The van der Waals surface area contributed by atoms with Gasteiger partial charge in [-0.2, -0.15) is 0 Å². The molecule has 2 rings (SSSR count). The molecule has 0 amide bonds. The lowest BCUT2D eigenvalue weighted by Crippen LogP contribution is -2.50. The van der Waals surface area contributed by atoms with E-state index in [9.17, 15) is 8.42 Å². The van der Waals surface area contributed by atoms with Crippen molar-refractivity contribution < 1.29 is 8.42 Å². The van der Waals surface area contributed by atoms with Crippen molar-refractivity contribution in [1.29, 1.82) is 0 Å². The summed E-state index contributed by atoms with van der Waals surface area (Å²) in [5, 5.41) is 10.4. The van der Waals surface area contributed by atoms with E-state index < -0.39 is 9.84 Å². The van der Waals surface area contributed by atoms with E-state index in [0.717, 1.165) is 19.4 Å². The molecule has 3 N–H and O–H groups in total. The van der Waals surface area contributed by atoms with Crippen LogP contribution in [0.15, 0.2) is 35.3 Å². The van der Waals surface area contributed by atoms with E-state index in [1.807, 2.05) is 13.0 Å². The van der Waals surface area contributed by atoms with Crippen LogP contribution in [0, 0.1) is 0 Å². The molecule has 7 heteroatoms. The molecule has 0 radical (unpaired) electrons. The Morgan fingerprint density at radius 2 is 1.89 bits per heavy atom. The Morgan fingerprint density at radius 1 is 1.21 bits per heavy atom. The van der Waals surface area contributed by atoms with Gasteiger partial charge in [-0.05, 0) is 38.7 Å². The van der Waals surface area contributed by atoms with Gasteiger partial charge in [-0.25, -0.2) is 8.42 Å². The normalized spacial score (nSPS) is 20.7. The molecule has 0 aromatic heterocycles. The molecule has 1 heterocycles. The van der Waals surface area contributed by atoms with Gasteiger partial charge in [0.05, 0.1) is 18.1 Å². The Kier molecular flexibility index (Phi) is 8.31. The van der Waals surface area contributed by atoms with Crippen molar-refractivity contribution in [2.45, 2.75) is 64.6 Å². The maximum atomic E-state index is 11.7. The zero-order valence-electron chi connectivity index (χ0n) is 17.7. The molecule has 1 aliphatic rings. The van der Waals surface area contributed by atoms with Gasteiger partial charge in [-0.1, -0.05) is 44.2 Å². The predicted octanol–water partition coefficient (Wildman–Crippen LogP) is 2.64. The number of guanidine groups is 1. The van der Waals surface area contributed by atoms with Gasteiger partial charge in [-0.15, -0.1) is 0 Å². The molecule has 1 aromatic rings. The van der Waals surface area contributed by atoms with Crippen molar-refractivity contribution in [3.8, 4) is 0 Å². The number of nitrogens with zero attached hydrogens (tertiary/aromatic N) is 1. The van der Waals surface area contributed by atoms with Gasteiger partial charge in [0.25, 0.3) is 0 Å². The van der Waals surface area contributed by atoms with Crippen molar-refractivity contribution in [1.82, 2.24) is 16.0 Å². The average Bonchev–Trinajstić information content (AvgIpc) is 3.04. The summed E-state index contributed by atoms with van der Waals surface area (Å²) < 4.78 is 23.5. The van der Waals surface area contributed by atoms with Gasteiger partial charge in [0.15, 0.2) is 15.8 Å². The smallest absolute Gasteiger partial charge is 0.191 e. The van der Waals surface area contributed by atoms with Crippen LogP contribution in [-0.4, -0.2) is 50.6 Å². The third-order valence-electron chi connectivity index (χ3n) is 5.63. The minimum Gasteiger partial charge on any atom is -0.357 e. The number of nitrogens with one attached hydrogen (secondary N) is 3. The number of hydrogen-bond donors (Lipinski definition) is 3. The maximum absolute atomic E-state index is 11.7. The highest BCUT2D eigenvalue weighted by atomic mass is 32.2. The monoisotopic (exact) mass is 408 g/mol. The van der Waals surface area contributed by atoms with Crippen LogP contribution in [0.25, 0.3) is 0 Å². The van der Waals surface area contributed by atoms with Crippen LogP contribution >= 0.6 is 0 Å². The molecule has 158 valence electrons. The number of aliphatic imine (C=N–C) groups is 1. The van der Waals surface area contributed by atoms with Crippen molar-refractivity contribution in [2.75, 3.05) is 24.6 Å². The molecule has 1 aromatic carbocycles. The van der Waals surface area contributed by atoms with Crippen LogP contribution in [-0.2, 0) is 9.84 Å². The molecule has 1 saturated heterocycles. The summed E-state index contributed by atoms with van der Waals surface area (Å²) in [6.45, 7) is 9.95. The van der Waals surface area contributed by atoms with Crippen LogP contribution in [0.1, 0.15) is 58.6 Å². The summed E-state index contributed by atoms with van der Waals surface area (Å²) in [5.41, 5.74) is 1.15. The van der Waals surface area contributed by atoms with Crippen LogP contribution in [0.2, 0.25) is 0 Å². The SMILES string of the molecule is CCNC(=NCC(CC)(CC)NC(C)c1ccccc1)NC1CCS(=O)(=O)C1. The van der Waals surface area contributed by atoms with Gasteiger partial charge >= 0.3 is 0 Å². The van der Waals surface area contributed by atoms with E-state index >= 15 is 0 Å². The highest BCUT2D eigenvalue weighted by Crippen LogP contribution is 2.22. The van der Waals surface area contributed by atoms with Crippen LogP contribution in [0.5, 0.6) is 0 Å². The summed E-state index contributed by atoms with van der Waals surface area (Å²) >= 11 is 0. The van der Waals surface area contributed by atoms with Crippen LogP contribution in [0.3, 0.4) is 0 Å². The number of benzene rings is 1. The summed E-state index contributed by atoms with van der Waals surface area (Å²) in [5.74, 6) is 1.15. The Hall–Kier alpha value is -1.60. The Labute approximate surface area is 170 Å². The first-order valence-corrected chi connectivity index (χ1v) is 12.2. The fourth-order valence-electron chi connectivity index (χ4n) is 3.66. The third-order valence-corrected chi connectivity index (χ3v) is 7.40. The van der Waals surface area contributed by atoms with E-state index in [4.69, 9.17) is 4.99 Å². The minimum absolute atomic E-state index is 0.0587. The second-order valence-electron chi connectivity index (χ2n) is 7.70. The van der Waals surface area contributed by atoms with Crippen molar-refractivity contribution in [3.05, 3.63) is 35.9 Å². The van der Waals surface area contributed by atoms with Crippen LogP contribution < -0.4 is 16.0 Å². The largest absolute Gasteiger partial charge is 0.357 e. The number of hydrogen-bond acceptors (Lipinski definition) is 4. The molecule has 1 aliphatic heterocycles. The molecule has 0 saturated carbocycles. The number of sulfone groups is 1. The summed E-state index contributed by atoms with van der Waals surface area (Å²) in [4.78, 5) is 4.82.